The first-order valence-corrected chi connectivity index (χ1v) is 11.0. The number of allylic oxidation sites excluding steroid dienone is 1. The monoisotopic (exact) mass is 452 g/mol. The zero-order valence-corrected chi connectivity index (χ0v) is 17.5. The summed E-state index contributed by atoms with van der Waals surface area (Å²) in [5.41, 5.74) is 1.45. The molecule has 0 spiro atoms. The van der Waals surface area contributed by atoms with Crippen molar-refractivity contribution in [3.05, 3.63) is 81.5 Å². The Labute approximate surface area is 176 Å². The van der Waals surface area contributed by atoms with Gasteiger partial charge in [0.05, 0.1) is 23.2 Å². The minimum absolute atomic E-state index is 0.00229. The third-order valence-corrected chi connectivity index (χ3v) is 5.63. The van der Waals surface area contributed by atoms with Gasteiger partial charge < -0.3 is 0 Å². The SMILES string of the molecule is CS(=O)(=O)c1ccc(-c2cnn(CC=C(Cl)Cl)c(=O)c2-c2ccc(F)cc2)cc1. The van der Waals surface area contributed by atoms with Crippen LogP contribution in [0.3, 0.4) is 0 Å². The Bertz CT molecular complexity index is 1230. The summed E-state index contributed by atoms with van der Waals surface area (Å²) in [7, 11) is -3.35. The molecule has 29 heavy (non-hydrogen) atoms. The van der Waals surface area contributed by atoms with Gasteiger partial charge in [-0.05, 0) is 41.5 Å². The zero-order chi connectivity index (χ0) is 21.2. The molecule has 0 unspecified atom stereocenters. The van der Waals surface area contributed by atoms with E-state index in [-0.39, 0.29) is 15.9 Å². The fourth-order valence-corrected chi connectivity index (χ4v) is 3.54. The smallest absolute Gasteiger partial charge is 0.267 e. The zero-order valence-electron chi connectivity index (χ0n) is 15.1. The van der Waals surface area contributed by atoms with E-state index in [1.54, 1.807) is 12.1 Å². The molecule has 3 aromatic rings. The minimum Gasteiger partial charge on any atom is -0.267 e. The average molecular weight is 453 g/mol. The van der Waals surface area contributed by atoms with Crippen molar-refractivity contribution in [1.29, 1.82) is 0 Å². The van der Waals surface area contributed by atoms with Crippen molar-refractivity contribution in [3.63, 3.8) is 0 Å². The highest BCUT2D eigenvalue weighted by Crippen LogP contribution is 2.29. The third-order valence-electron chi connectivity index (χ3n) is 4.19. The highest BCUT2D eigenvalue weighted by molar-refractivity contribution is 7.90. The second-order valence-electron chi connectivity index (χ2n) is 6.22. The van der Waals surface area contributed by atoms with E-state index in [9.17, 15) is 17.6 Å². The Morgan fingerprint density at radius 2 is 1.66 bits per heavy atom. The quantitative estimate of drug-likeness (QED) is 0.573. The molecule has 0 aliphatic rings. The second-order valence-corrected chi connectivity index (χ2v) is 9.24. The molecule has 0 aliphatic carbocycles. The Kier molecular flexibility index (Phi) is 6.21. The maximum atomic E-state index is 13.4. The van der Waals surface area contributed by atoms with Crippen molar-refractivity contribution in [2.75, 3.05) is 6.26 Å². The molecule has 150 valence electrons. The predicted molar refractivity (Wildman–Crippen MR) is 112 cm³/mol. The lowest BCUT2D eigenvalue weighted by molar-refractivity contribution is 0.602. The van der Waals surface area contributed by atoms with Crippen LogP contribution >= 0.6 is 23.2 Å². The van der Waals surface area contributed by atoms with Gasteiger partial charge >= 0.3 is 0 Å². The number of sulfone groups is 1. The lowest BCUT2D eigenvalue weighted by atomic mass is 9.97. The Hall–Kier alpha value is -2.48. The van der Waals surface area contributed by atoms with E-state index in [0.29, 0.717) is 22.3 Å². The van der Waals surface area contributed by atoms with Gasteiger partial charge in [0, 0.05) is 11.8 Å². The highest BCUT2D eigenvalue weighted by atomic mass is 35.5. The third kappa shape index (κ3) is 4.93. The van der Waals surface area contributed by atoms with E-state index in [1.807, 2.05) is 0 Å². The standard InChI is InChI=1S/C20H15Cl2FN2O3S/c1-29(27,28)16-8-4-13(5-9-16)17-12-24-25(11-10-18(21)22)20(26)19(17)14-2-6-15(23)7-3-14/h2-10,12H,11H2,1H3. The van der Waals surface area contributed by atoms with Crippen LogP contribution in [0.4, 0.5) is 4.39 Å². The Morgan fingerprint density at radius 1 is 1.07 bits per heavy atom. The molecule has 5 nitrogen and oxygen atoms in total. The first-order chi connectivity index (χ1) is 13.7. The number of nitrogens with zero attached hydrogens (tertiary/aromatic N) is 2. The van der Waals surface area contributed by atoms with Crippen LogP contribution in [-0.4, -0.2) is 24.5 Å². The molecule has 0 N–H and O–H groups in total. The molecule has 3 rings (SSSR count). The maximum Gasteiger partial charge on any atom is 0.275 e. The molecule has 0 fully saturated rings. The van der Waals surface area contributed by atoms with Crippen LogP contribution in [0, 0.1) is 5.82 Å². The molecule has 0 saturated heterocycles. The molecule has 0 amide bonds. The number of hydrogen-bond acceptors (Lipinski definition) is 4. The first-order valence-electron chi connectivity index (χ1n) is 8.34. The van der Waals surface area contributed by atoms with Crippen LogP contribution in [0.15, 0.2) is 75.0 Å². The van der Waals surface area contributed by atoms with E-state index in [0.717, 1.165) is 6.26 Å². The van der Waals surface area contributed by atoms with Crippen LogP contribution in [0.1, 0.15) is 0 Å². The van der Waals surface area contributed by atoms with Crippen molar-refractivity contribution >= 4 is 33.0 Å². The normalized spacial score (nSPS) is 11.3. The maximum absolute atomic E-state index is 13.4. The summed E-state index contributed by atoms with van der Waals surface area (Å²) in [6, 6.07) is 11.6. The summed E-state index contributed by atoms with van der Waals surface area (Å²) in [4.78, 5) is 13.2. The van der Waals surface area contributed by atoms with Crippen molar-refractivity contribution < 1.29 is 12.8 Å². The fourth-order valence-electron chi connectivity index (χ4n) is 2.77. The summed E-state index contributed by atoms with van der Waals surface area (Å²) >= 11 is 11.3. The molecule has 0 aliphatic heterocycles. The molecule has 0 bridgehead atoms. The van der Waals surface area contributed by atoms with Gasteiger partial charge in [-0.2, -0.15) is 5.10 Å². The van der Waals surface area contributed by atoms with Crippen LogP contribution < -0.4 is 5.56 Å². The van der Waals surface area contributed by atoms with Crippen molar-refractivity contribution in [1.82, 2.24) is 9.78 Å². The molecule has 0 radical (unpaired) electrons. The second kappa shape index (κ2) is 8.49. The summed E-state index contributed by atoms with van der Waals surface area (Å²) < 4.78 is 38.0. The van der Waals surface area contributed by atoms with E-state index in [4.69, 9.17) is 23.2 Å². The molecular weight excluding hydrogens is 438 g/mol. The topological polar surface area (TPSA) is 69.0 Å². The van der Waals surface area contributed by atoms with Gasteiger partial charge in [0.2, 0.25) is 0 Å². The van der Waals surface area contributed by atoms with E-state index in [1.165, 1.54) is 53.4 Å². The fraction of sp³-hybridized carbons (Fsp3) is 0.100. The van der Waals surface area contributed by atoms with Gasteiger partial charge in [0.25, 0.3) is 5.56 Å². The molecular formula is C20H15Cl2FN2O3S. The molecule has 1 aromatic heterocycles. The van der Waals surface area contributed by atoms with Gasteiger partial charge in [0.15, 0.2) is 9.84 Å². The molecule has 2 aromatic carbocycles. The first kappa shape index (κ1) is 21.2. The predicted octanol–water partition coefficient (Wildman–Crippen LogP) is 4.44. The highest BCUT2D eigenvalue weighted by Gasteiger charge is 2.16. The largest absolute Gasteiger partial charge is 0.275 e. The summed E-state index contributed by atoms with van der Waals surface area (Å²) in [5.74, 6) is -0.431. The number of hydrogen-bond donors (Lipinski definition) is 0. The van der Waals surface area contributed by atoms with Gasteiger partial charge in [-0.15, -0.1) is 0 Å². The van der Waals surface area contributed by atoms with Crippen LogP contribution in [0.25, 0.3) is 22.3 Å². The number of halogens is 3. The Morgan fingerprint density at radius 3 is 2.21 bits per heavy atom. The number of benzene rings is 2. The minimum atomic E-state index is -3.35. The van der Waals surface area contributed by atoms with E-state index in [2.05, 4.69) is 5.10 Å². The number of aromatic nitrogens is 2. The van der Waals surface area contributed by atoms with E-state index >= 15 is 0 Å². The van der Waals surface area contributed by atoms with Crippen LogP contribution in [0.2, 0.25) is 0 Å². The van der Waals surface area contributed by atoms with Crippen molar-refractivity contribution in [2.45, 2.75) is 11.4 Å². The lowest BCUT2D eigenvalue weighted by Gasteiger charge is -2.12. The van der Waals surface area contributed by atoms with Gasteiger partial charge in [-0.25, -0.2) is 17.5 Å². The van der Waals surface area contributed by atoms with Gasteiger partial charge in [-0.1, -0.05) is 47.5 Å². The van der Waals surface area contributed by atoms with Crippen molar-refractivity contribution in [3.8, 4) is 22.3 Å². The van der Waals surface area contributed by atoms with Gasteiger partial charge in [-0.3, -0.25) is 4.79 Å². The van der Waals surface area contributed by atoms with Gasteiger partial charge in [0.1, 0.15) is 10.3 Å². The van der Waals surface area contributed by atoms with Crippen molar-refractivity contribution in [2.24, 2.45) is 0 Å². The summed E-state index contributed by atoms with van der Waals surface area (Å²) in [6.07, 6.45) is 4.03. The molecule has 1 heterocycles. The lowest BCUT2D eigenvalue weighted by Crippen LogP contribution is -2.24. The number of rotatable bonds is 5. The summed E-state index contributed by atoms with van der Waals surface area (Å²) in [5, 5.41) is 4.15. The molecule has 9 heteroatoms. The van der Waals surface area contributed by atoms with Crippen LogP contribution in [-0.2, 0) is 16.4 Å². The molecule has 0 atom stereocenters. The van der Waals surface area contributed by atoms with Crippen LogP contribution in [0.5, 0.6) is 0 Å². The average Bonchev–Trinajstić information content (AvgIpc) is 2.67. The Balaban J connectivity index is 2.21. The molecule has 0 saturated carbocycles. The summed E-state index contributed by atoms with van der Waals surface area (Å²) in [6.45, 7) is 0.0582. The van der Waals surface area contributed by atoms with E-state index < -0.39 is 21.2 Å².